The first-order valence-corrected chi connectivity index (χ1v) is 11.5. The van der Waals surface area contributed by atoms with Crippen molar-refractivity contribution in [2.45, 2.75) is 6.54 Å². The number of carbonyl (C=O) groups is 3. The molecule has 1 amide bonds. The Hall–Kier alpha value is -4.45. The summed E-state index contributed by atoms with van der Waals surface area (Å²) in [5.74, 6) is -2.17. The number of anilines is 1. The number of ether oxygens (including phenoxy) is 1. The van der Waals surface area contributed by atoms with E-state index in [-0.39, 0.29) is 18.0 Å². The second kappa shape index (κ2) is 12.5. The smallest absolute Gasteiger partial charge is 0.414 e. The standard InChI is InChI=1S/C23H27N5O3.C2H2O4/c1-26(15-21-24-20-6-4-3-5-19(20)23(30)25-21)16-22(29)28-13-11-27(12-14-28)17-7-9-18(31-2)10-8-17;3-1(4)2(5)6/h3-10H,11-16H2,1-2H3,(H,24,25,30);(H,3,4)(H,5,6). The summed E-state index contributed by atoms with van der Waals surface area (Å²) >= 11 is 0. The van der Waals surface area contributed by atoms with Gasteiger partial charge >= 0.3 is 11.9 Å². The van der Waals surface area contributed by atoms with Crippen molar-refractivity contribution in [3.05, 3.63) is 64.7 Å². The Balaban J connectivity index is 0.000000568. The van der Waals surface area contributed by atoms with Gasteiger partial charge in [-0.15, -0.1) is 0 Å². The quantitative estimate of drug-likeness (QED) is 0.406. The van der Waals surface area contributed by atoms with Gasteiger partial charge in [-0.05, 0) is 43.4 Å². The van der Waals surface area contributed by atoms with Crippen LogP contribution in [0.4, 0.5) is 5.69 Å². The van der Waals surface area contributed by atoms with E-state index in [1.807, 2.05) is 59.3 Å². The maximum atomic E-state index is 12.8. The summed E-state index contributed by atoms with van der Waals surface area (Å²) in [6, 6.07) is 15.2. The molecule has 2 heterocycles. The number of rotatable bonds is 6. The van der Waals surface area contributed by atoms with Crippen LogP contribution in [-0.4, -0.2) is 94.7 Å². The van der Waals surface area contributed by atoms with Gasteiger partial charge in [0.25, 0.3) is 5.56 Å². The maximum Gasteiger partial charge on any atom is 0.414 e. The number of benzene rings is 2. The van der Waals surface area contributed by atoms with Crippen LogP contribution in [0.1, 0.15) is 5.82 Å². The van der Waals surface area contributed by atoms with Gasteiger partial charge in [-0.2, -0.15) is 0 Å². The monoisotopic (exact) mass is 511 g/mol. The minimum Gasteiger partial charge on any atom is -0.497 e. The number of aliphatic carboxylic acids is 2. The highest BCUT2D eigenvalue weighted by Gasteiger charge is 2.22. The van der Waals surface area contributed by atoms with Gasteiger partial charge in [0.1, 0.15) is 11.6 Å². The van der Waals surface area contributed by atoms with Gasteiger partial charge in [0.15, 0.2) is 0 Å². The summed E-state index contributed by atoms with van der Waals surface area (Å²) in [5, 5.41) is 15.4. The molecule has 37 heavy (non-hydrogen) atoms. The minimum absolute atomic E-state index is 0.0833. The summed E-state index contributed by atoms with van der Waals surface area (Å²) < 4.78 is 5.21. The van der Waals surface area contributed by atoms with E-state index < -0.39 is 11.9 Å². The largest absolute Gasteiger partial charge is 0.497 e. The first-order valence-electron chi connectivity index (χ1n) is 11.5. The molecular formula is C25H29N5O7. The molecule has 1 aliphatic heterocycles. The molecule has 0 bridgehead atoms. The molecule has 3 N–H and O–H groups in total. The van der Waals surface area contributed by atoms with Crippen molar-refractivity contribution >= 4 is 34.4 Å². The Morgan fingerprint density at radius 2 is 1.62 bits per heavy atom. The number of hydrogen-bond acceptors (Lipinski definition) is 8. The van der Waals surface area contributed by atoms with E-state index in [1.54, 1.807) is 13.2 Å². The van der Waals surface area contributed by atoms with Gasteiger partial charge in [0.2, 0.25) is 5.91 Å². The number of nitrogens with one attached hydrogen (secondary N) is 1. The van der Waals surface area contributed by atoms with Crippen LogP contribution in [0.3, 0.4) is 0 Å². The number of methoxy groups -OCH3 is 1. The highest BCUT2D eigenvalue weighted by Crippen LogP contribution is 2.20. The van der Waals surface area contributed by atoms with Crippen LogP contribution in [0.2, 0.25) is 0 Å². The predicted molar refractivity (Wildman–Crippen MR) is 136 cm³/mol. The first-order chi connectivity index (χ1) is 17.7. The van der Waals surface area contributed by atoms with Gasteiger partial charge in [0, 0.05) is 31.9 Å². The second-order valence-corrected chi connectivity index (χ2v) is 8.38. The molecule has 196 valence electrons. The number of para-hydroxylation sites is 1. The first kappa shape index (κ1) is 27.1. The fraction of sp³-hybridized carbons (Fsp3) is 0.320. The molecule has 0 saturated carbocycles. The molecule has 0 atom stereocenters. The van der Waals surface area contributed by atoms with Crippen LogP contribution >= 0.6 is 0 Å². The topological polar surface area (TPSA) is 156 Å². The Kier molecular flexibility index (Phi) is 9.16. The van der Waals surface area contributed by atoms with E-state index in [9.17, 15) is 9.59 Å². The van der Waals surface area contributed by atoms with Crippen LogP contribution in [0.5, 0.6) is 5.75 Å². The lowest BCUT2D eigenvalue weighted by molar-refractivity contribution is -0.159. The number of nitrogens with zero attached hydrogens (tertiary/aromatic N) is 4. The Bertz CT molecular complexity index is 1290. The fourth-order valence-electron chi connectivity index (χ4n) is 3.86. The van der Waals surface area contributed by atoms with Crippen molar-refractivity contribution in [3.63, 3.8) is 0 Å². The third kappa shape index (κ3) is 7.51. The number of aromatic nitrogens is 2. The summed E-state index contributed by atoms with van der Waals surface area (Å²) in [5.41, 5.74) is 1.64. The molecule has 1 aliphatic rings. The molecule has 0 spiro atoms. The highest BCUT2D eigenvalue weighted by atomic mass is 16.5. The number of H-pyrrole nitrogens is 1. The third-order valence-electron chi connectivity index (χ3n) is 5.74. The number of carboxylic acid groups (broad SMARTS) is 2. The van der Waals surface area contributed by atoms with Crippen LogP contribution in [0, 0.1) is 0 Å². The number of amides is 1. The van der Waals surface area contributed by atoms with Crippen molar-refractivity contribution in [2.75, 3.05) is 51.8 Å². The number of hydrogen-bond donors (Lipinski definition) is 3. The normalized spacial score (nSPS) is 13.2. The maximum absolute atomic E-state index is 12.8. The molecule has 0 aliphatic carbocycles. The van der Waals surface area contributed by atoms with Gasteiger partial charge < -0.3 is 29.7 Å². The van der Waals surface area contributed by atoms with Gasteiger partial charge in [-0.1, -0.05) is 12.1 Å². The summed E-state index contributed by atoms with van der Waals surface area (Å²) in [7, 11) is 3.52. The Morgan fingerprint density at radius 3 is 2.22 bits per heavy atom. The number of piperazine rings is 1. The number of carboxylic acids is 2. The van der Waals surface area contributed by atoms with Gasteiger partial charge in [-0.3, -0.25) is 14.5 Å². The van der Waals surface area contributed by atoms with E-state index >= 15 is 0 Å². The highest BCUT2D eigenvalue weighted by molar-refractivity contribution is 6.27. The number of aromatic amines is 1. The SMILES string of the molecule is COc1ccc(N2CCN(C(=O)CN(C)Cc3nc4ccccc4c(=O)[nH]3)CC2)cc1.O=C(O)C(=O)O. The molecule has 1 saturated heterocycles. The molecular weight excluding hydrogens is 482 g/mol. The lowest BCUT2D eigenvalue weighted by atomic mass is 10.2. The molecule has 0 radical (unpaired) electrons. The number of carbonyl (C=O) groups excluding carboxylic acids is 1. The van der Waals surface area contributed by atoms with Gasteiger partial charge in [-0.25, -0.2) is 14.6 Å². The van der Waals surface area contributed by atoms with Crippen molar-refractivity contribution in [2.24, 2.45) is 0 Å². The average molecular weight is 512 g/mol. The van der Waals surface area contributed by atoms with Crippen molar-refractivity contribution in [3.8, 4) is 5.75 Å². The summed E-state index contributed by atoms with van der Waals surface area (Å²) in [6.45, 7) is 3.63. The number of fused-ring (bicyclic) bond motifs is 1. The molecule has 2 aromatic carbocycles. The molecule has 1 fully saturated rings. The lowest BCUT2D eigenvalue weighted by Gasteiger charge is -2.36. The Labute approximate surface area is 212 Å². The fourth-order valence-corrected chi connectivity index (χ4v) is 3.86. The van der Waals surface area contributed by atoms with Crippen molar-refractivity contribution in [1.29, 1.82) is 0 Å². The van der Waals surface area contributed by atoms with Crippen molar-refractivity contribution < 1.29 is 29.3 Å². The molecule has 3 aromatic rings. The number of likely N-dealkylation sites (N-methyl/N-ethyl adjacent to an activating group) is 1. The second-order valence-electron chi connectivity index (χ2n) is 8.38. The van der Waals surface area contributed by atoms with Crippen molar-refractivity contribution in [1.82, 2.24) is 19.8 Å². The van der Waals surface area contributed by atoms with Crippen LogP contribution in [-0.2, 0) is 20.9 Å². The third-order valence-corrected chi connectivity index (χ3v) is 5.74. The van der Waals surface area contributed by atoms with Crippen LogP contribution < -0.4 is 15.2 Å². The van der Waals surface area contributed by atoms with E-state index in [2.05, 4.69) is 14.9 Å². The lowest BCUT2D eigenvalue weighted by Crippen LogP contribution is -2.51. The molecule has 4 rings (SSSR count). The van der Waals surface area contributed by atoms with Crippen LogP contribution in [0.15, 0.2) is 53.3 Å². The zero-order valence-corrected chi connectivity index (χ0v) is 20.6. The molecule has 12 nitrogen and oxygen atoms in total. The van der Waals surface area contributed by atoms with Crippen LogP contribution in [0.25, 0.3) is 10.9 Å². The Morgan fingerprint density at radius 1 is 1.00 bits per heavy atom. The molecule has 12 heteroatoms. The zero-order valence-electron chi connectivity index (χ0n) is 20.6. The minimum atomic E-state index is -1.82. The summed E-state index contributed by atoms with van der Waals surface area (Å²) in [6.07, 6.45) is 0. The average Bonchev–Trinajstić information content (AvgIpc) is 2.89. The van der Waals surface area contributed by atoms with E-state index in [0.717, 1.165) is 24.5 Å². The molecule has 1 aromatic heterocycles. The van der Waals surface area contributed by atoms with E-state index in [4.69, 9.17) is 24.5 Å². The summed E-state index contributed by atoms with van der Waals surface area (Å²) in [4.78, 5) is 56.6. The van der Waals surface area contributed by atoms with E-state index in [1.165, 1.54) is 0 Å². The zero-order chi connectivity index (χ0) is 26.9. The van der Waals surface area contributed by atoms with E-state index in [0.29, 0.717) is 36.4 Å². The van der Waals surface area contributed by atoms with Gasteiger partial charge in [0.05, 0.1) is 31.1 Å². The predicted octanol–water partition coefficient (Wildman–Crippen LogP) is 0.868. The molecule has 0 unspecified atom stereocenters.